The second kappa shape index (κ2) is 7.46. The van der Waals surface area contributed by atoms with Crippen molar-refractivity contribution in [2.75, 3.05) is 20.1 Å². The van der Waals surface area contributed by atoms with Crippen LogP contribution in [0.15, 0.2) is 30.3 Å². The van der Waals surface area contributed by atoms with Gasteiger partial charge in [0.2, 0.25) is 0 Å². The molecule has 0 radical (unpaired) electrons. The molecule has 0 saturated heterocycles. The van der Waals surface area contributed by atoms with Crippen molar-refractivity contribution in [2.24, 2.45) is 5.92 Å². The molecule has 0 aliphatic carbocycles. The van der Waals surface area contributed by atoms with Crippen LogP contribution in [0.3, 0.4) is 0 Å². The van der Waals surface area contributed by atoms with Crippen LogP contribution in [0.2, 0.25) is 0 Å². The fourth-order valence-corrected chi connectivity index (χ4v) is 2.09. The van der Waals surface area contributed by atoms with E-state index in [0.717, 1.165) is 19.6 Å². The van der Waals surface area contributed by atoms with Crippen LogP contribution >= 0.6 is 0 Å². The summed E-state index contributed by atoms with van der Waals surface area (Å²) in [5.74, 6) is 0.686. The molecule has 0 saturated carbocycles. The second-order valence-corrected chi connectivity index (χ2v) is 5.17. The molecule has 0 aliphatic rings. The highest BCUT2D eigenvalue weighted by Gasteiger charge is 2.13. The quantitative estimate of drug-likeness (QED) is 0.780. The molecule has 0 spiro atoms. The van der Waals surface area contributed by atoms with Gasteiger partial charge in [-0.25, -0.2) is 0 Å². The van der Waals surface area contributed by atoms with E-state index in [9.17, 15) is 0 Å². The number of benzene rings is 1. The molecular formula is C15H26N2. The number of hydrogen-bond donors (Lipinski definition) is 1. The van der Waals surface area contributed by atoms with Crippen LogP contribution < -0.4 is 5.32 Å². The average Bonchev–Trinajstić information content (AvgIpc) is 2.29. The molecule has 0 bridgehead atoms. The van der Waals surface area contributed by atoms with Gasteiger partial charge in [-0.2, -0.15) is 0 Å². The summed E-state index contributed by atoms with van der Waals surface area (Å²) in [5.41, 5.74) is 1.40. The zero-order chi connectivity index (χ0) is 12.7. The molecule has 96 valence electrons. The third kappa shape index (κ3) is 5.33. The van der Waals surface area contributed by atoms with Crippen molar-refractivity contribution in [2.45, 2.75) is 33.4 Å². The maximum Gasteiger partial charge on any atom is 0.0236 e. The highest BCUT2D eigenvalue weighted by molar-refractivity contribution is 5.14. The fraction of sp³-hybridized carbons (Fsp3) is 0.600. The summed E-state index contributed by atoms with van der Waals surface area (Å²) in [7, 11) is 2.02. The van der Waals surface area contributed by atoms with Gasteiger partial charge < -0.3 is 5.32 Å². The molecule has 17 heavy (non-hydrogen) atoms. The fourth-order valence-electron chi connectivity index (χ4n) is 2.09. The first-order valence-corrected chi connectivity index (χ1v) is 6.56. The lowest BCUT2D eigenvalue weighted by molar-refractivity contribution is 0.183. The molecule has 1 atom stereocenters. The van der Waals surface area contributed by atoms with Gasteiger partial charge in [0.1, 0.15) is 0 Å². The summed E-state index contributed by atoms with van der Waals surface area (Å²) in [4.78, 5) is 2.54. The van der Waals surface area contributed by atoms with Crippen LogP contribution in [-0.4, -0.2) is 31.1 Å². The molecular weight excluding hydrogens is 208 g/mol. The Hall–Kier alpha value is -0.860. The summed E-state index contributed by atoms with van der Waals surface area (Å²) >= 11 is 0. The summed E-state index contributed by atoms with van der Waals surface area (Å²) in [5, 5.41) is 3.25. The van der Waals surface area contributed by atoms with Crippen LogP contribution in [0.25, 0.3) is 0 Å². The summed E-state index contributed by atoms with van der Waals surface area (Å²) in [6.45, 7) is 10.1. The first-order chi connectivity index (χ1) is 8.13. The topological polar surface area (TPSA) is 15.3 Å². The van der Waals surface area contributed by atoms with Crippen molar-refractivity contribution in [1.82, 2.24) is 10.2 Å². The monoisotopic (exact) mass is 234 g/mol. The third-order valence-electron chi connectivity index (χ3n) is 3.06. The van der Waals surface area contributed by atoms with E-state index in [1.165, 1.54) is 5.56 Å². The van der Waals surface area contributed by atoms with Crippen molar-refractivity contribution in [3.05, 3.63) is 35.9 Å². The van der Waals surface area contributed by atoms with Gasteiger partial charge in [0, 0.05) is 19.1 Å². The minimum atomic E-state index is 0.592. The summed E-state index contributed by atoms with van der Waals surface area (Å²) < 4.78 is 0. The lowest BCUT2D eigenvalue weighted by Crippen LogP contribution is -2.36. The predicted molar refractivity (Wildman–Crippen MR) is 75.1 cm³/mol. The molecule has 1 aromatic carbocycles. The third-order valence-corrected chi connectivity index (χ3v) is 3.06. The van der Waals surface area contributed by atoms with Crippen molar-refractivity contribution in [3.8, 4) is 0 Å². The molecule has 1 rings (SSSR count). The number of nitrogens with zero attached hydrogens (tertiary/aromatic N) is 1. The molecule has 2 nitrogen and oxygen atoms in total. The van der Waals surface area contributed by atoms with Crippen LogP contribution in [0.1, 0.15) is 26.3 Å². The van der Waals surface area contributed by atoms with Gasteiger partial charge in [0.25, 0.3) is 0 Å². The summed E-state index contributed by atoms with van der Waals surface area (Å²) in [6, 6.07) is 11.3. The van der Waals surface area contributed by atoms with Crippen LogP contribution in [0, 0.1) is 5.92 Å². The number of hydrogen-bond acceptors (Lipinski definition) is 2. The number of rotatable bonds is 7. The van der Waals surface area contributed by atoms with Crippen LogP contribution in [0.5, 0.6) is 0 Å². The van der Waals surface area contributed by atoms with E-state index in [4.69, 9.17) is 0 Å². The van der Waals surface area contributed by atoms with Gasteiger partial charge >= 0.3 is 0 Å². The maximum absolute atomic E-state index is 3.25. The van der Waals surface area contributed by atoms with Crippen molar-refractivity contribution in [3.63, 3.8) is 0 Å². The Morgan fingerprint density at radius 3 is 2.29 bits per heavy atom. The van der Waals surface area contributed by atoms with E-state index in [-0.39, 0.29) is 0 Å². The molecule has 0 heterocycles. The standard InChI is InChI=1S/C15H26N2/c1-13(2)17(11-14(3)10-16-4)12-15-8-6-5-7-9-15/h5-9,13-14,16H,10-12H2,1-4H3. The van der Waals surface area contributed by atoms with Crippen molar-refractivity contribution >= 4 is 0 Å². The molecule has 0 aromatic heterocycles. The zero-order valence-electron chi connectivity index (χ0n) is 11.6. The molecule has 0 amide bonds. The average molecular weight is 234 g/mol. The Morgan fingerprint density at radius 1 is 1.12 bits per heavy atom. The van der Waals surface area contributed by atoms with Crippen molar-refractivity contribution in [1.29, 1.82) is 0 Å². The van der Waals surface area contributed by atoms with Crippen LogP contribution in [0.4, 0.5) is 0 Å². The lowest BCUT2D eigenvalue weighted by atomic mass is 10.1. The highest BCUT2D eigenvalue weighted by atomic mass is 15.1. The summed E-state index contributed by atoms with van der Waals surface area (Å²) in [6.07, 6.45) is 0. The van der Waals surface area contributed by atoms with Gasteiger partial charge in [-0.15, -0.1) is 0 Å². The SMILES string of the molecule is CNCC(C)CN(Cc1ccccc1)C(C)C. The Morgan fingerprint density at radius 2 is 1.76 bits per heavy atom. The van der Waals surface area contributed by atoms with E-state index >= 15 is 0 Å². The minimum Gasteiger partial charge on any atom is -0.319 e. The first kappa shape index (κ1) is 14.2. The highest BCUT2D eigenvalue weighted by Crippen LogP contribution is 2.10. The minimum absolute atomic E-state index is 0.592. The Kier molecular flexibility index (Phi) is 6.23. The Balaban J connectivity index is 2.55. The van der Waals surface area contributed by atoms with Gasteiger partial charge in [0.15, 0.2) is 0 Å². The first-order valence-electron chi connectivity index (χ1n) is 6.56. The normalized spacial score (nSPS) is 13.3. The largest absolute Gasteiger partial charge is 0.319 e. The van der Waals surface area contributed by atoms with E-state index in [1.807, 2.05) is 7.05 Å². The molecule has 0 aliphatic heterocycles. The predicted octanol–water partition coefficient (Wildman–Crippen LogP) is 2.75. The Labute approximate surface area is 106 Å². The molecule has 1 aromatic rings. The molecule has 2 heteroatoms. The van der Waals surface area contributed by atoms with Crippen LogP contribution in [-0.2, 0) is 6.54 Å². The second-order valence-electron chi connectivity index (χ2n) is 5.17. The Bertz CT molecular complexity index is 295. The van der Waals surface area contributed by atoms with E-state index in [2.05, 4.69) is 61.3 Å². The molecule has 0 fully saturated rings. The smallest absolute Gasteiger partial charge is 0.0236 e. The lowest BCUT2D eigenvalue weighted by Gasteiger charge is -2.29. The number of nitrogens with one attached hydrogen (secondary N) is 1. The van der Waals surface area contributed by atoms with E-state index in [0.29, 0.717) is 12.0 Å². The van der Waals surface area contributed by atoms with Gasteiger partial charge in [-0.05, 0) is 38.9 Å². The maximum atomic E-state index is 3.25. The van der Waals surface area contributed by atoms with Gasteiger partial charge in [0.05, 0.1) is 0 Å². The van der Waals surface area contributed by atoms with Crippen molar-refractivity contribution < 1.29 is 0 Å². The molecule has 1 unspecified atom stereocenters. The zero-order valence-corrected chi connectivity index (χ0v) is 11.6. The molecule has 1 N–H and O–H groups in total. The van der Waals surface area contributed by atoms with E-state index < -0.39 is 0 Å². The van der Waals surface area contributed by atoms with Gasteiger partial charge in [-0.1, -0.05) is 37.3 Å². The van der Waals surface area contributed by atoms with E-state index in [1.54, 1.807) is 0 Å². The van der Waals surface area contributed by atoms with Gasteiger partial charge in [-0.3, -0.25) is 4.90 Å².